The zero-order chi connectivity index (χ0) is 20.9. The van der Waals surface area contributed by atoms with Gasteiger partial charge in [0.15, 0.2) is 0 Å². The van der Waals surface area contributed by atoms with Gasteiger partial charge in [-0.25, -0.2) is 0 Å². The van der Waals surface area contributed by atoms with Crippen LogP contribution in [0.3, 0.4) is 0 Å². The molecule has 0 bridgehead atoms. The second kappa shape index (κ2) is 6.63. The maximum Gasteiger partial charge on any atom is 0.103 e. The first-order valence-corrected chi connectivity index (χ1v) is 10.5. The van der Waals surface area contributed by atoms with Crippen molar-refractivity contribution in [2.45, 2.75) is 33.2 Å². The quantitative estimate of drug-likeness (QED) is 0.430. The van der Waals surface area contributed by atoms with Gasteiger partial charge in [-0.3, -0.25) is 0 Å². The Morgan fingerprint density at radius 1 is 0.600 bits per heavy atom. The molecule has 0 fully saturated rings. The highest BCUT2D eigenvalue weighted by Gasteiger charge is 2.33. The summed E-state index contributed by atoms with van der Waals surface area (Å²) >= 11 is 0. The lowest BCUT2D eigenvalue weighted by Gasteiger charge is -2.28. The highest BCUT2D eigenvalue weighted by Crippen LogP contribution is 2.49. The maximum atomic E-state index is 4.40. The highest BCUT2D eigenvalue weighted by atomic mass is 15.2. The number of hydrogen-bond acceptors (Lipinski definition) is 2. The standard InChI is InChI=1S/C28H26N2/c1-27(2)23(20-8-6-5-7-9-20)15-16-24(27)21-12-10-19(11-13-21)22-14-17-26-25(18-22)28(3,4)30-29-26/h5-18H,1-4H3. The fourth-order valence-electron chi connectivity index (χ4n) is 4.63. The van der Waals surface area contributed by atoms with Gasteiger partial charge in [0.2, 0.25) is 0 Å². The molecule has 30 heavy (non-hydrogen) atoms. The van der Waals surface area contributed by atoms with Gasteiger partial charge in [-0.2, -0.15) is 10.2 Å². The Balaban J connectivity index is 1.43. The van der Waals surface area contributed by atoms with Crippen LogP contribution in [-0.4, -0.2) is 0 Å². The van der Waals surface area contributed by atoms with Gasteiger partial charge in [-0.05, 0) is 59.4 Å². The van der Waals surface area contributed by atoms with E-state index in [1.165, 1.54) is 39.0 Å². The number of hydrogen-bond donors (Lipinski definition) is 0. The van der Waals surface area contributed by atoms with Crippen LogP contribution < -0.4 is 0 Å². The second-order valence-electron chi connectivity index (χ2n) is 9.22. The zero-order valence-electron chi connectivity index (χ0n) is 18.0. The molecule has 3 aromatic carbocycles. The van der Waals surface area contributed by atoms with Crippen LogP contribution in [0.15, 0.2) is 95.2 Å². The number of allylic oxidation sites excluding steroid dienone is 4. The van der Waals surface area contributed by atoms with Gasteiger partial charge >= 0.3 is 0 Å². The molecular formula is C28H26N2. The Morgan fingerprint density at radius 2 is 1.17 bits per heavy atom. The number of azo groups is 1. The molecule has 0 aromatic heterocycles. The molecule has 0 radical (unpaired) electrons. The Morgan fingerprint density at radius 3 is 1.83 bits per heavy atom. The van der Waals surface area contributed by atoms with Gasteiger partial charge in [0.25, 0.3) is 0 Å². The summed E-state index contributed by atoms with van der Waals surface area (Å²) in [6, 6.07) is 26.1. The summed E-state index contributed by atoms with van der Waals surface area (Å²) in [5.41, 5.74) is 9.64. The van der Waals surface area contributed by atoms with Crippen LogP contribution in [0.25, 0.3) is 22.3 Å². The first-order valence-electron chi connectivity index (χ1n) is 10.5. The van der Waals surface area contributed by atoms with Crippen molar-refractivity contribution in [2.24, 2.45) is 15.6 Å². The second-order valence-corrected chi connectivity index (χ2v) is 9.22. The molecule has 1 heterocycles. The third kappa shape index (κ3) is 2.95. The van der Waals surface area contributed by atoms with Gasteiger partial charge in [0.1, 0.15) is 5.54 Å². The van der Waals surface area contributed by atoms with E-state index in [0.717, 1.165) is 5.69 Å². The molecule has 0 saturated carbocycles. The lowest BCUT2D eigenvalue weighted by atomic mass is 9.75. The number of benzene rings is 3. The molecule has 0 spiro atoms. The lowest BCUT2D eigenvalue weighted by molar-refractivity contribution is 0.555. The molecule has 3 aromatic rings. The summed E-state index contributed by atoms with van der Waals surface area (Å²) in [7, 11) is 0. The van der Waals surface area contributed by atoms with Crippen LogP contribution in [-0.2, 0) is 5.54 Å². The largest absolute Gasteiger partial charge is 0.178 e. The summed E-state index contributed by atoms with van der Waals surface area (Å²) in [5.74, 6) is 0. The summed E-state index contributed by atoms with van der Waals surface area (Å²) in [6.45, 7) is 8.85. The van der Waals surface area contributed by atoms with Crippen molar-refractivity contribution in [3.05, 3.63) is 102 Å². The molecule has 148 valence electrons. The van der Waals surface area contributed by atoms with Crippen molar-refractivity contribution in [1.82, 2.24) is 0 Å². The molecule has 0 atom stereocenters. The molecule has 0 unspecified atom stereocenters. The molecule has 2 nitrogen and oxygen atoms in total. The van der Waals surface area contributed by atoms with Gasteiger partial charge in [0, 0.05) is 11.0 Å². The zero-order valence-corrected chi connectivity index (χ0v) is 18.0. The molecular weight excluding hydrogens is 364 g/mol. The Labute approximate surface area is 178 Å². The summed E-state index contributed by atoms with van der Waals surface area (Å²) in [5, 5.41) is 8.71. The SMILES string of the molecule is CC1(C)C(c2ccccc2)=CC=C1c1ccc(-c2ccc3c(c2)C(C)(C)N=N3)cc1. The maximum absolute atomic E-state index is 4.40. The fraction of sp³-hybridized carbons (Fsp3) is 0.214. The van der Waals surface area contributed by atoms with Crippen molar-refractivity contribution in [3.8, 4) is 11.1 Å². The fourth-order valence-corrected chi connectivity index (χ4v) is 4.63. The molecule has 1 aliphatic heterocycles. The van der Waals surface area contributed by atoms with Crippen LogP contribution in [0.5, 0.6) is 0 Å². The van der Waals surface area contributed by atoms with Crippen molar-refractivity contribution >= 4 is 16.8 Å². The van der Waals surface area contributed by atoms with Crippen LogP contribution in [0, 0.1) is 5.41 Å². The first-order chi connectivity index (χ1) is 14.4. The van der Waals surface area contributed by atoms with E-state index in [1.54, 1.807) is 0 Å². The molecule has 0 saturated heterocycles. The lowest BCUT2D eigenvalue weighted by Crippen LogP contribution is -2.13. The van der Waals surface area contributed by atoms with E-state index in [4.69, 9.17) is 0 Å². The van der Waals surface area contributed by atoms with Crippen LogP contribution in [0.2, 0.25) is 0 Å². The average Bonchev–Trinajstić information content (AvgIpc) is 3.23. The number of rotatable bonds is 3. The Kier molecular flexibility index (Phi) is 4.14. The molecule has 2 heteroatoms. The smallest absolute Gasteiger partial charge is 0.103 e. The van der Waals surface area contributed by atoms with Crippen molar-refractivity contribution in [3.63, 3.8) is 0 Å². The predicted octanol–water partition coefficient (Wildman–Crippen LogP) is 8.19. The minimum atomic E-state index is -0.247. The van der Waals surface area contributed by atoms with E-state index in [-0.39, 0.29) is 11.0 Å². The third-order valence-corrected chi connectivity index (χ3v) is 6.44. The molecule has 1 aliphatic carbocycles. The van der Waals surface area contributed by atoms with Crippen molar-refractivity contribution in [1.29, 1.82) is 0 Å². The van der Waals surface area contributed by atoms with E-state index in [9.17, 15) is 0 Å². The van der Waals surface area contributed by atoms with E-state index in [2.05, 4.69) is 123 Å². The minimum absolute atomic E-state index is 0.0243. The molecule has 2 aliphatic rings. The van der Waals surface area contributed by atoms with Crippen LogP contribution >= 0.6 is 0 Å². The van der Waals surface area contributed by atoms with Crippen molar-refractivity contribution < 1.29 is 0 Å². The predicted molar refractivity (Wildman–Crippen MR) is 126 cm³/mol. The molecule has 0 amide bonds. The van der Waals surface area contributed by atoms with Gasteiger partial charge in [-0.1, -0.05) is 86.7 Å². The average molecular weight is 391 g/mol. The first kappa shape index (κ1) is 18.7. The van der Waals surface area contributed by atoms with Crippen LogP contribution in [0.1, 0.15) is 44.4 Å². The Hall–Kier alpha value is -3.26. The van der Waals surface area contributed by atoms with Crippen LogP contribution in [0.4, 0.5) is 5.69 Å². The Bertz CT molecular complexity index is 1210. The summed E-state index contributed by atoms with van der Waals surface area (Å²) < 4.78 is 0. The molecule has 0 N–H and O–H groups in total. The van der Waals surface area contributed by atoms with Gasteiger partial charge < -0.3 is 0 Å². The van der Waals surface area contributed by atoms with Gasteiger partial charge in [0.05, 0.1) is 5.69 Å². The highest BCUT2D eigenvalue weighted by molar-refractivity contribution is 5.92. The number of fused-ring (bicyclic) bond motifs is 1. The van der Waals surface area contributed by atoms with Gasteiger partial charge in [-0.15, -0.1) is 0 Å². The third-order valence-electron chi connectivity index (χ3n) is 6.44. The molecule has 5 rings (SSSR count). The van der Waals surface area contributed by atoms with E-state index >= 15 is 0 Å². The normalized spacial score (nSPS) is 18.1. The van der Waals surface area contributed by atoms with Crippen molar-refractivity contribution in [2.75, 3.05) is 0 Å². The van der Waals surface area contributed by atoms with E-state index in [1.807, 2.05) is 0 Å². The minimum Gasteiger partial charge on any atom is -0.178 e. The number of nitrogens with zero attached hydrogens (tertiary/aromatic N) is 2. The van der Waals surface area contributed by atoms with E-state index < -0.39 is 0 Å². The van der Waals surface area contributed by atoms with E-state index in [0.29, 0.717) is 0 Å². The topological polar surface area (TPSA) is 24.7 Å². The summed E-state index contributed by atoms with van der Waals surface area (Å²) in [4.78, 5) is 0. The summed E-state index contributed by atoms with van der Waals surface area (Å²) in [6.07, 6.45) is 4.55. The monoisotopic (exact) mass is 390 g/mol.